The lowest BCUT2D eigenvalue weighted by Crippen LogP contribution is -2.50. The van der Waals surface area contributed by atoms with E-state index in [0.29, 0.717) is 19.0 Å². The van der Waals surface area contributed by atoms with E-state index >= 15 is 0 Å². The summed E-state index contributed by atoms with van der Waals surface area (Å²) in [5, 5.41) is 9.04. The number of rotatable bonds is 4. The molecule has 0 unspecified atom stereocenters. The number of aromatic amines is 1. The molecule has 2 heterocycles. The molecule has 29 heavy (non-hydrogen) atoms. The Morgan fingerprint density at radius 1 is 1.07 bits per heavy atom. The van der Waals surface area contributed by atoms with E-state index in [1.807, 2.05) is 4.90 Å². The normalized spacial score (nSPS) is 33.7. The molecule has 4 saturated carbocycles. The third kappa shape index (κ3) is 3.83. The second-order valence-corrected chi connectivity index (χ2v) is 10.0. The van der Waals surface area contributed by atoms with E-state index in [1.54, 1.807) is 0 Å². The summed E-state index contributed by atoms with van der Waals surface area (Å²) in [6.07, 6.45) is 10.3. The molecule has 4 aliphatic carbocycles. The second kappa shape index (κ2) is 7.26. The minimum absolute atomic E-state index is 0.0415. The van der Waals surface area contributed by atoms with Gasteiger partial charge in [-0.1, -0.05) is 0 Å². The average molecular weight is 399 g/mol. The molecule has 7 heteroatoms. The predicted octanol–water partition coefficient (Wildman–Crippen LogP) is 2.10. The van der Waals surface area contributed by atoms with Crippen molar-refractivity contribution in [2.45, 2.75) is 63.8 Å². The van der Waals surface area contributed by atoms with Crippen molar-refractivity contribution < 1.29 is 9.59 Å². The molecule has 0 radical (unpaired) electrons. The Balaban J connectivity index is 1.13. The van der Waals surface area contributed by atoms with E-state index in [1.165, 1.54) is 50.7 Å². The van der Waals surface area contributed by atoms with Gasteiger partial charge in [0.1, 0.15) is 5.69 Å². The van der Waals surface area contributed by atoms with Crippen LogP contribution in [0.2, 0.25) is 0 Å². The highest BCUT2D eigenvalue weighted by molar-refractivity contribution is 5.92. The average Bonchev–Trinajstić information content (AvgIpc) is 2.67. The van der Waals surface area contributed by atoms with Gasteiger partial charge in [-0.05, 0) is 80.6 Å². The van der Waals surface area contributed by atoms with Gasteiger partial charge in [-0.2, -0.15) is 5.10 Å². The van der Waals surface area contributed by atoms with Crippen LogP contribution in [0.4, 0.5) is 0 Å². The van der Waals surface area contributed by atoms with Crippen LogP contribution in [0.25, 0.3) is 0 Å². The van der Waals surface area contributed by atoms with Gasteiger partial charge >= 0.3 is 0 Å². The van der Waals surface area contributed by atoms with Crippen molar-refractivity contribution in [1.82, 2.24) is 20.4 Å². The monoisotopic (exact) mass is 398 g/mol. The van der Waals surface area contributed by atoms with Crippen LogP contribution in [-0.4, -0.2) is 46.0 Å². The Labute approximate surface area is 170 Å². The first-order chi connectivity index (χ1) is 14.0. The van der Waals surface area contributed by atoms with Gasteiger partial charge < -0.3 is 10.2 Å². The summed E-state index contributed by atoms with van der Waals surface area (Å²) in [5.74, 6) is 2.66. The summed E-state index contributed by atoms with van der Waals surface area (Å²) < 4.78 is 0. The minimum Gasteiger partial charge on any atom is -0.348 e. The first-order valence-corrected chi connectivity index (χ1v) is 11.1. The van der Waals surface area contributed by atoms with Crippen LogP contribution >= 0.6 is 0 Å². The van der Waals surface area contributed by atoms with Crippen molar-refractivity contribution in [3.8, 4) is 0 Å². The number of piperidine rings is 1. The first kappa shape index (κ1) is 18.8. The molecule has 1 saturated heterocycles. The number of nitrogens with zero attached hydrogens (tertiary/aromatic N) is 2. The zero-order valence-corrected chi connectivity index (χ0v) is 16.9. The van der Waals surface area contributed by atoms with Crippen LogP contribution < -0.4 is 10.9 Å². The summed E-state index contributed by atoms with van der Waals surface area (Å²) in [6, 6.07) is 2.77. The fraction of sp³-hybridized carbons (Fsp3) is 0.727. The molecule has 1 aromatic rings. The molecule has 1 aliphatic heterocycles. The Kier molecular flexibility index (Phi) is 4.71. The van der Waals surface area contributed by atoms with Crippen LogP contribution in [0.5, 0.6) is 0 Å². The quantitative estimate of drug-likeness (QED) is 0.812. The number of carbonyl (C=O) groups is 2. The van der Waals surface area contributed by atoms with Crippen LogP contribution in [0.15, 0.2) is 16.9 Å². The maximum absolute atomic E-state index is 13.1. The third-order valence-electron chi connectivity index (χ3n) is 7.79. The highest BCUT2D eigenvalue weighted by Gasteiger charge is 2.51. The number of nitrogens with one attached hydrogen (secondary N) is 2. The molecule has 4 bridgehead atoms. The van der Waals surface area contributed by atoms with Gasteiger partial charge in [0.25, 0.3) is 11.5 Å². The van der Waals surface area contributed by atoms with Gasteiger partial charge in [0.2, 0.25) is 5.91 Å². The largest absolute Gasteiger partial charge is 0.348 e. The predicted molar refractivity (Wildman–Crippen MR) is 107 cm³/mol. The number of H-pyrrole nitrogens is 1. The molecule has 6 rings (SSSR count). The summed E-state index contributed by atoms with van der Waals surface area (Å²) in [5.41, 5.74) is 0.171. The van der Waals surface area contributed by atoms with Crippen LogP contribution in [0.3, 0.4) is 0 Å². The zero-order valence-electron chi connectivity index (χ0n) is 16.9. The molecule has 5 fully saturated rings. The second-order valence-electron chi connectivity index (χ2n) is 10.0. The Hall–Kier alpha value is -2.18. The number of hydrogen-bond donors (Lipinski definition) is 2. The first-order valence-electron chi connectivity index (χ1n) is 11.1. The van der Waals surface area contributed by atoms with Gasteiger partial charge in [0.15, 0.2) is 0 Å². The lowest BCUT2D eigenvalue weighted by Gasteiger charge is -2.57. The van der Waals surface area contributed by atoms with Crippen molar-refractivity contribution >= 4 is 11.8 Å². The minimum atomic E-state index is -0.326. The maximum Gasteiger partial charge on any atom is 0.271 e. The molecule has 2 N–H and O–H groups in total. The standard InChI is InChI=1S/C22H30N4O3/c27-19-2-1-18(24-25-19)21(29)23-17-3-5-26(6-4-17)20(28)13-22-10-14-7-15(11-22)9-16(8-14)12-22/h1-2,14-17H,3-13H2,(H,23,29)(H,25,27). The van der Waals surface area contributed by atoms with Crippen molar-refractivity contribution in [2.24, 2.45) is 23.2 Å². The Morgan fingerprint density at radius 2 is 1.69 bits per heavy atom. The molecule has 0 aromatic carbocycles. The summed E-state index contributed by atoms with van der Waals surface area (Å²) in [7, 11) is 0. The Bertz CT molecular complexity index is 800. The highest BCUT2D eigenvalue weighted by atomic mass is 16.2. The number of amides is 2. The van der Waals surface area contributed by atoms with Crippen molar-refractivity contribution in [1.29, 1.82) is 0 Å². The van der Waals surface area contributed by atoms with Gasteiger partial charge in [0, 0.05) is 31.6 Å². The molecule has 2 amide bonds. The van der Waals surface area contributed by atoms with E-state index in [9.17, 15) is 14.4 Å². The summed E-state index contributed by atoms with van der Waals surface area (Å²) in [6.45, 7) is 1.41. The zero-order chi connectivity index (χ0) is 20.0. The smallest absolute Gasteiger partial charge is 0.271 e. The molecule has 0 atom stereocenters. The van der Waals surface area contributed by atoms with Crippen LogP contribution in [0.1, 0.15) is 68.3 Å². The number of carbonyl (C=O) groups excluding carboxylic acids is 2. The van der Waals surface area contributed by atoms with Gasteiger partial charge in [-0.3, -0.25) is 14.4 Å². The van der Waals surface area contributed by atoms with Crippen LogP contribution in [-0.2, 0) is 4.79 Å². The lowest BCUT2D eigenvalue weighted by atomic mass is 9.49. The van der Waals surface area contributed by atoms with Crippen molar-refractivity contribution in [3.63, 3.8) is 0 Å². The molecule has 5 aliphatic rings. The van der Waals surface area contributed by atoms with Gasteiger partial charge in [0.05, 0.1) is 0 Å². The summed E-state index contributed by atoms with van der Waals surface area (Å²) >= 11 is 0. The van der Waals surface area contributed by atoms with Crippen molar-refractivity contribution in [2.75, 3.05) is 13.1 Å². The Morgan fingerprint density at radius 3 is 2.24 bits per heavy atom. The van der Waals surface area contributed by atoms with E-state index < -0.39 is 0 Å². The van der Waals surface area contributed by atoms with Crippen molar-refractivity contribution in [3.05, 3.63) is 28.2 Å². The van der Waals surface area contributed by atoms with E-state index in [2.05, 4.69) is 15.5 Å². The maximum atomic E-state index is 13.1. The number of likely N-dealkylation sites (tertiary alicyclic amines) is 1. The topological polar surface area (TPSA) is 95.2 Å². The molecule has 1 aromatic heterocycles. The fourth-order valence-electron chi connectivity index (χ4n) is 6.94. The van der Waals surface area contributed by atoms with E-state index in [0.717, 1.165) is 37.0 Å². The highest BCUT2D eigenvalue weighted by Crippen LogP contribution is 2.61. The SMILES string of the molecule is O=C(NC1CCN(C(=O)CC23CC4CC(CC(C4)C2)C3)CC1)c1ccc(=O)[nH]n1. The lowest BCUT2D eigenvalue weighted by molar-refractivity contribution is -0.140. The summed E-state index contributed by atoms with van der Waals surface area (Å²) in [4.78, 5) is 38.4. The van der Waals surface area contributed by atoms with Crippen LogP contribution in [0, 0.1) is 23.2 Å². The fourth-order valence-corrected chi connectivity index (χ4v) is 6.94. The third-order valence-corrected chi connectivity index (χ3v) is 7.79. The molecule has 156 valence electrons. The van der Waals surface area contributed by atoms with E-state index in [4.69, 9.17) is 0 Å². The number of aromatic nitrogens is 2. The van der Waals surface area contributed by atoms with E-state index in [-0.39, 0.29) is 28.6 Å². The molecular formula is C22H30N4O3. The van der Waals surface area contributed by atoms with Gasteiger partial charge in [-0.15, -0.1) is 0 Å². The number of hydrogen-bond acceptors (Lipinski definition) is 4. The molecule has 7 nitrogen and oxygen atoms in total. The van der Waals surface area contributed by atoms with Gasteiger partial charge in [-0.25, -0.2) is 5.10 Å². The molecular weight excluding hydrogens is 368 g/mol. The molecule has 0 spiro atoms.